The summed E-state index contributed by atoms with van der Waals surface area (Å²) in [5.74, 6) is 0. The van der Waals surface area contributed by atoms with Gasteiger partial charge in [0.05, 0.1) is 9.79 Å². The van der Waals surface area contributed by atoms with Crippen molar-refractivity contribution in [3.05, 3.63) is 60.2 Å². The van der Waals surface area contributed by atoms with Crippen LogP contribution in [0.25, 0.3) is 0 Å². The van der Waals surface area contributed by atoms with Gasteiger partial charge < -0.3 is 0 Å². The minimum absolute atomic E-state index is 0.0289. The number of rotatable bonds is 7. The monoisotopic (exact) mass is 408 g/mol. The van der Waals surface area contributed by atoms with Gasteiger partial charge in [-0.05, 0) is 55.8 Å². The fourth-order valence-electron chi connectivity index (χ4n) is 3.32. The second kappa shape index (κ2) is 8.10. The highest BCUT2D eigenvalue weighted by atomic mass is 32.2. The molecule has 1 aliphatic heterocycles. The topological polar surface area (TPSA) is 83.5 Å². The number of benzene rings is 2. The summed E-state index contributed by atoms with van der Waals surface area (Å²) in [6, 6.07) is 15.1. The number of nitrogens with one attached hydrogen (secondary N) is 1. The number of sulfonamides is 1. The highest BCUT2D eigenvalue weighted by molar-refractivity contribution is 7.90. The van der Waals surface area contributed by atoms with Crippen LogP contribution >= 0.6 is 0 Å². The van der Waals surface area contributed by atoms with E-state index in [2.05, 4.69) is 9.62 Å². The van der Waals surface area contributed by atoms with Crippen LogP contribution in [0, 0.1) is 0 Å². The number of hydrogen-bond acceptors (Lipinski definition) is 5. The van der Waals surface area contributed by atoms with Crippen LogP contribution in [0.4, 0.5) is 0 Å². The Balaban J connectivity index is 1.77. The maximum absolute atomic E-state index is 12.7. The van der Waals surface area contributed by atoms with Crippen molar-refractivity contribution >= 4 is 19.9 Å². The lowest BCUT2D eigenvalue weighted by atomic mass is 10.1. The molecule has 0 radical (unpaired) electrons. The normalized spacial score (nSPS) is 17.1. The van der Waals surface area contributed by atoms with E-state index in [0.717, 1.165) is 37.8 Å². The SMILES string of the molecule is CS(=O)(=O)c1ccc(S(=O)(=O)NC[C@H](c2ccccc2)N2CCCC2)cc1. The largest absolute Gasteiger partial charge is 0.295 e. The van der Waals surface area contributed by atoms with Gasteiger partial charge in [-0.25, -0.2) is 21.6 Å². The Kier molecular flexibility index (Phi) is 6.00. The highest BCUT2D eigenvalue weighted by Gasteiger charge is 2.25. The van der Waals surface area contributed by atoms with Gasteiger partial charge in [0.1, 0.15) is 0 Å². The lowest BCUT2D eigenvalue weighted by Crippen LogP contribution is -2.36. The van der Waals surface area contributed by atoms with Crippen LogP contribution in [0.15, 0.2) is 64.4 Å². The third-order valence-corrected chi connectivity index (χ3v) is 7.36. The van der Waals surface area contributed by atoms with E-state index >= 15 is 0 Å². The Morgan fingerprint density at radius 1 is 0.889 bits per heavy atom. The maximum Gasteiger partial charge on any atom is 0.240 e. The predicted octanol–water partition coefficient (Wildman–Crippen LogP) is 2.21. The molecule has 0 saturated carbocycles. The highest BCUT2D eigenvalue weighted by Crippen LogP contribution is 2.25. The Bertz CT molecular complexity index is 966. The average molecular weight is 409 g/mol. The van der Waals surface area contributed by atoms with E-state index in [0.29, 0.717) is 0 Å². The van der Waals surface area contributed by atoms with Gasteiger partial charge in [-0.3, -0.25) is 4.90 Å². The molecule has 27 heavy (non-hydrogen) atoms. The fraction of sp³-hybridized carbons (Fsp3) is 0.368. The van der Waals surface area contributed by atoms with E-state index in [1.807, 2.05) is 30.3 Å². The quantitative estimate of drug-likeness (QED) is 0.759. The van der Waals surface area contributed by atoms with Crippen molar-refractivity contribution in [1.29, 1.82) is 0 Å². The molecule has 1 fully saturated rings. The maximum atomic E-state index is 12.7. The summed E-state index contributed by atoms with van der Waals surface area (Å²) in [7, 11) is -7.09. The Morgan fingerprint density at radius 3 is 2.00 bits per heavy atom. The molecule has 146 valence electrons. The van der Waals surface area contributed by atoms with E-state index in [4.69, 9.17) is 0 Å². The fourth-order valence-corrected chi connectivity index (χ4v) is 4.99. The lowest BCUT2D eigenvalue weighted by molar-refractivity contribution is 0.246. The van der Waals surface area contributed by atoms with E-state index in [9.17, 15) is 16.8 Å². The van der Waals surface area contributed by atoms with Crippen molar-refractivity contribution in [1.82, 2.24) is 9.62 Å². The summed E-state index contributed by atoms with van der Waals surface area (Å²) in [4.78, 5) is 2.45. The molecule has 0 spiro atoms. The molecule has 0 bridgehead atoms. The molecule has 8 heteroatoms. The molecule has 0 aromatic heterocycles. The first-order chi connectivity index (χ1) is 12.8. The van der Waals surface area contributed by atoms with Crippen LogP contribution in [0.3, 0.4) is 0 Å². The molecular weight excluding hydrogens is 384 g/mol. The third kappa shape index (κ3) is 4.95. The first-order valence-corrected chi connectivity index (χ1v) is 12.2. The summed E-state index contributed by atoms with van der Waals surface area (Å²) < 4.78 is 51.1. The molecule has 2 aromatic carbocycles. The Hall–Kier alpha value is -1.74. The molecule has 0 amide bonds. The molecule has 1 N–H and O–H groups in total. The van der Waals surface area contributed by atoms with E-state index in [-0.39, 0.29) is 22.4 Å². The van der Waals surface area contributed by atoms with E-state index in [1.54, 1.807) is 0 Å². The molecule has 1 atom stereocenters. The van der Waals surface area contributed by atoms with Gasteiger partial charge in [-0.2, -0.15) is 0 Å². The minimum atomic E-state index is -3.73. The molecule has 3 rings (SSSR count). The summed E-state index contributed by atoms with van der Waals surface area (Å²) in [5.41, 5.74) is 1.08. The number of hydrogen-bond donors (Lipinski definition) is 1. The van der Waals surface area contributed by atoms with E-state index < -0.39 is 19.9 Å². The van der Waals surface area contributed by atoms with E-state index in [1.165, 1.54) is 24.3 Å². The summed E-state index contributed by atoms with van der Waals surface area (Å²) in [5, 5.41) is 0. The second-order valence-corrected chi connectivity index (χ2v) is 10.5. The van der Waals surface area contributed by atoms with Gasteiger partial charge in [0.25, 0.3) is 0 Å². The van der Waals surface area contributed by atoms with Gasteiger partial charge in [0.15, 0.2) is 9.84 Å². The predicted molar refractivity (Wildman–Crippen MR) is 105 cm³/mol. The molecule has 2 aromatic rings. The van der Waals surface area contributed by atoms with Crippen LogP contribution in [-0.4, -0.2) is 47.6 Å². The Labute approximate surface area is 161 Å². The molecule has 1 saturated heterocycles. The van der Waals surface area contributed by atoms with Gasteiger partial charge in [-0.1, -0.05) is 30.3 Å². The zero-order valence-electron chi connectivity index (χ0n) is 15.2. The van der Waals surface area contributed by atoms with Crippen LogP contribution < -0.4 is 4.72 Å². The summed E-state index contributed by atoms with van der Waals surface area (Å²) >= 11 is 0. The van der Waals surface area contributed by atoms with Crippen molar-refractivity contribution in [2.45, 2.75) is 28.7 Å². The number of nitrogens with zero attached hydrogens (tertiary/aromatic N) is 1. The van der Waals surface area contributed by atoms with Crippen LogP contribution in [0.2, 0.25) is 0 Å². The third-order valence-electron chi connectivity index (χ3n) is 4.79. The van der Waals surface area contributed by atoms with Crippen LogP contribution in [0.1, 0.15) is 24.4 Å². The van der Waals surface area contributed by atoms with Crippen molar-refractivity contribution < 1.29 is 16.8 Å². The second-order valence-electron chi connectivity index (χ2n) is 6.77. The molecule has 0 aliphatic carbocycles. The van der Waals surface area contributed by atoms with Crippen LogP contribution in [0.5, 0.6) is 0 Å². The average Bonchev–Trinajstić information content (AvgIpc) is 3.16. The molecule has 6 nitrogen and oxygen atoms in total. The van der Waals surface area contributed by atoms with Crippen LogP contribution in [-0.2, 0) is 19.9 Å². The van der Waals surface area contributed by atoms with Gasteiger partial charge in [0, 0.05) is 18.8 Å². The zero-order chi connectivity index (χ0) is 19.5. The molecular formula is C19H24N2O4S2. The number of likely N-dealkylation sites (tertiary alicyclic amines) is 1. The van der Waals surface area contributed by atoms with Crippen molar-refractivity contribution in [3.63, 3.8) is 0 Å². The van der Waals surface area contributed by atoms with Gasteiger partial charge in [-0.15, -0.1) is 0 Å². The zero-order valence-corrected chi connectivity index (χ0v) is 16.8. The minimum Gasteiger partial charge on any atom is -0.295 e. The van der Waals surface area contributed by atoms with Crippen molar-refractivity contribution in [3.8, 4) is 0 Å². The van der Waals surface area contributed by atoms with Crippen molar-refractivity contribution in [2.24, 2.45) is 0 Å². The first kappa shape index (κ1) is 20.0. The standard InChI is InChI=1S/C19H24N2O4S2/c1-26(22,23)17-9-11-18(12-10-17)27(24,25)20-15-19(21-13-5-6-14-21)16-7-3-2-4-8-16/h2-4,7-12,19-20H,5-6,13-15H2,1H3/t19-/m1/s1. The van der Waals surface area contributed by atoms with Gasteiger partial charge >= 0.3 is 0 Å². The molecule has 0 unspecified atom stereocenters. The first-order valence-electron chi connectivity index (χ1n) is 8.86. The lowest BCUT2D eigenvalue weighted by Gasteiger charge is -2.28. The van der Waals surface area contributed by atoms with Gasteiger partial charge in [0.2, 0.25) is 10.0 Å². The molecule has 1 aliphatic rings. The Morgan fingerprint density at radius 2 is 1.44 bits per heavy atom. The smallest absolute Gasteiger partial charge is 0.240 e. The summed E-state index contributed by atoms with van der Waals surface area (Å²) in [6.07, 6.45) is 3.32. The number of sulfone groups is 1. The van der Waals surface area contributed by atoms with Crippen molar-refractivity contribution in [2.75, 3.05) is 25.9 Å². The molecule has 1 heterocycles. The summed E-state index contributed by atoms with van der Waals surface area (Å²) in [6.45, 7) is 2.16.